The largest absolute Gasteiger partial charge is 0.253 e. The maximum atomic E-state index is 12.9. The zero-order valence-corrected chi connectivity index (χ0v) is 13.0. The van der Waals surface area contributed by atoms with Crippen molar-refractivity contribution in [3.63, 3.8) is 0 Å². The van der Waals surface area contributed by atoms with Crippen LogP contribution in [0, 0.1) is 5.82 Å². The van der Waals surface area contributed by atoms with Gasteiger partial charge in [0, 0.05) is 17.2 Å². The molecule has 2 aromatic carbocycles. The molecule has 0 radical (unpaired) electrons. The van der Waals surface area contributed by atoms with E-state index in [4.69, 9.17) is 0 Å². The highest BCUT2D eigenvalue weighted by Gasteiger charge is 2.03. The molecule has 1 aromatic heterocycles. The predicted octanol–water partition coefficient (Wildman–Crippen LogP) is 5.06. The van der Waals surface area contributed by atoms with Gasteiger partial charge in [0.05, 0.1) is 5.69 Å². The first-order valence-electron chi connectivity index (χ1n) is 7.03. The molecular weight excluding hydrogens is 309 g/mol. The first-order chi connectivity index (χ1) is 11.3. The Morgan fingerprint density at radius 2 is 1.83 bits per heavy atom. The summed E-state index contributed by atoms with van der Waals surface area (Å²) in [5.41, 5.74) is 5.68. The van der Waals surface area contributed by atoms with Crippen LogP contribution in [-0.2, 0) is 0 Å². The van der Waals surface area contributed by atoms with Crippen LogP contribution in [0.3, 0.4) is 0 Å². The van der Waals surface area contributed by atoms with Gasteiger partial charge in [-0.05, 0) is 35.9 Å². The van der Waals surface area contributed by atoms with Crippen molar-refractivity contribution in [1.29, 1.82) is 0 Å². The van der Waals surface area contributed by atoms with Gasteiger partial charge in [-0.25, -0.2) is 9.37 Å². The summed E-state index contributed by atoms with van der Waals surface area (Å²) in [6, 6.07) is 16.3. The van der Waals surface area contributed by atoms with Gasteiger partial charge in [0.25, 0.3) is 0 Å². The third-order valence-corrected chi connectivity index (χ3v) is 3.80. The van der Waals surface area contributed by atoms with Crippen LogP contribution in [0.1, 0.15) is 5.56 Å². The molecule has 1 N–H and O–H groups in total. The van der Waals surface area contributed by atoms with Crippen LogP contribution in [0.4, 0.5) is 9.52 Å². The number of hydrogen-bond acceptors (Lipinski definition) is 4. The van der Waals surface area contributed by atoms with Crippen LogP contribution in [0.2, 0.25) is 0 Å². The Labute approximate surface area is 137 Å². The summed E-state index contributed by atoms with van der Waals surface area (Å²) in [6.45, 7) is 0. The third-order valence-electron chi connectivity index (χ3n) is 3.05. The SMILES string of the molecule is Fc1ccc(-c2csc(N/N=C/C=C/c3ccccc3)n2)cc1. The van der Waals surface area contributed by atoms with Crippen LogP contribution < -0.4 is 5.43 Å². The molecule has 0 saturated heterocycles. The molecule has 0 aliphatic heterocycles. The fourth-order valence-electron chi connectivity index (χ4n) is 1.93. The summed E-state index contributed by atoms with van der Waals surface area (Å²) in [5, 5.41) is 6.70. The van der Waals surface area contributed by atoms with Gasteiger partial charge in [-0.2, -0.15) is 5.10 Å². The lowest BCUT2D eigenvalue weighted by Gasteiger charge is -1.95. The number of allylic oxidation sites excluding steroid dienone is 1. The lowest BCUT2D eigenvalue weighted by Crippen LogP contribution is -1.87. The minimum absolute atomic E-state index is 0.253. The number of thiazole rings is 1. The van der Waals surface area contributed by atoms with E-state index < -0.39 is 0 Å². The lowest BCUT2D eigenvalue weighted by atomic mass is 10.2. The molecule has 0 unspecified atom stereocenters. The van der Waals surface area contributed by atoms with Gasteiger partial charge in [0.15, 0.2) is 0 Å². The highest BCUT2D eigenvalue weighted by molar-refractivity contribution is 7.14. The van der Waals surface area contributed by atoms with Crippen molar-refractivity contribution in [2.45, 2.75) is 0 Å². The van der Waals surface area contributed by atoms with Crippen molar-refractivity contribution in [2.24, 2.45) is 5.10 Å². The Balaban J connectivity index is 1.58. The zero-order valence-electron chi connectivity index (χ0n) is 12.2. The molecule has 3 aromatic rings. The van der Waals surface area contributed by atoms with E-state index in [9.17, 15) is 4.39 Å². The second-order valence-corrected chi connectivity index (χ2v) is 5.56. The number of anilines is 1. The highest BCUT2D eigenvalue weighted by Crippen LogP contribution is 2.24. The molecule has 0 spiro atoms. The molecule has 3 rings (SSSR count). The van der Waals surface area contributed by atoms with Crippen molar-refractivity contribution < 1.29 is 4.39 Å². The van der Waals surface area contributed by atoms with Gasteiger partial charge in [-0.1, -0.05) is 36.4 Å². The maximum absolute atomic E-state index is 12.9. The minimum atomic E-state index is -0.253. The molecule has 1 heterocycles. The molecule has 3 nitrogen and oxygen atoms in total. The van der Waals surface area contributed by atoms with Crippen LogP contribution in [-0.4, -0.2) is 11.2 Å². The molecule has 0 aliphatic rings. The lowest BCUT2D eigenvalue weighted by molar-refractivity contribution is 0.628. The van der Waals surface area contributed by atoms with Gasteiger partial charge in [0.1, 0.15) is 5.82 Å². The van der Waals surface area contributed by atoms with Crippen molar-refractivity contribution in [3.8, 4) is 11.3 Å². The summed E-state index contributed by atoms with van der Waals surface area (Å²) in [5.74, 6) is -0.253. The monoisotopic (exact) mass is 323 g/mol. The van der Waals surface area contributed by atoms with E-state index in [-0.39, 0.29) is 5.82 Å². The number of halogens is 1. The van der Waals surface area contributed by atoms with E-state index in [0.29, 0.717) is 5.13 Å². The molecule has 5 heteroatoms. The number of nitrogens with one attached hydrogen (secondary N) is 1. The standard InChI is InChI=1S/C18H14FN3S/c19-16-10-8-15(9-11-16)17-13-23-18(21-17)22-20-12-4-7-14-5-2-1-3-6-14/h1-13H,(H,21,22)/b7-4+,20-12+. The van der Waals surface area contributed by atoms with Crippen LogP contribution in [0.15, 0.2) is 71.2 Å². The summed E-state index contributed by atoms with van der Waals surface area (Å²) < 4.78 is 12.9. The number of nitrogens with zero attached hydrogens (tertiary/aromatic N) is 2. The summed E-state index contributed by atoms with van der Waals surface area (Å²) in [7, 11) is 0. The van der Waals surface area contributed by atoms with E-state index in [0.717, 1.165) is 16.8 Å². The van der Waals surface area contributed by atoms with Gasteiger partial charge >= 0.3 is 0 Å². The molecule has 0 fully saturated rings. The van der Waals surface area contributed by atoms with E-state index in [1.165, 1.54) is 23.5 Å². The van der Waals surface area contributed by atoms with Gasteiger partial charge in [-0.15, -0.1) is 11.3 Å². The Morgan fingerprint density at radius 3 is 2.61 bits per heavy atom. The van der Waals surface area contributed by atoms with E-state index >= 15 is 0 Å². The van der Waals surface area contributed by atoms with E-state index in [2.05, 4.69) is 15.5 Å². The maximum Gasteiger partial charge on any atom is 0.203 e. The van der Waals surface area contributed by atoms with Gasteiger partial charge in [0.2, 0.25) is 5.13 Å². The van der Waals surface area contributed by atoms with Crippen molar-refractivity contribution in [1.82, 2.24) is 4.98 Å². The quantitative estimate of drug-likeness (QED) is 0.526. The van der Waals surface area contributed by atoms with Gasteiger partial charge in [-0.3, -0.25) is 5.43 Å². The predicted molar refractivity (Wildman–Crippen MR) is 95.1 cm³/mol. The second-order valence-electron chi connectivity index (χ2n) is 4.70. The molecule has 114 valence electrons. The first kappa shape index (κ1) is 15.1. The zero-order chi connectivity index (χ0) is 15.9. The Hall–Kier alpha value is -2.79. The molecule has 0 aliphatic carbocycles. The average Bonchev–Trinajstić information content (AvgIpc) is 3.05. The number of hydrazone groups is 1. The average molecular weight is 323 g/mol. The van der Waals surface area contributed by atoms with Crippen molar-refractivity contribution >= 4 is 28.8 Å². The summed E-state index contributed by atoms with van der Waals surface area (Å²) >= 11 is 1.45. The van der Waals surface area contributed by atoms with Crippen molar-refractivity contribution in [3.05, 3.63) is 77.4 Å². The number of aromatic nitrogens is 1. The topological polar surface area (TPSA) is 37.3 Å². The normalized spacial score (nSPS) is 11.3. The second kappa shape index (κ2) is 7.47. The fraction of sp³-hybridized carbons (Fsp3) is 0. The van der Waals surface area contributed by atoms with Crippen LogP contribution >= 0.6 is 11.3 Å². The third kappa shape index (κ3) is 4.34. The van der Waals surface area contributed by atoms with Crippen LogP contribution in [0.25, 0.3) is 17.3 Å². The molecule has 0 bridgehead atoms. The minimum Gasteiger partial charge on any atom is -0.253 e. The molecule has 0 saturated carbocycles. The molecule has 0 amide bonds. The molecule has 0 atom stereocenters. The number of benzene rings is 2. The fourth-order valence-corrected chi connectivity index (χ4v) is 2.60. The summed E-state index contributed by atoms with van der Waals surface area (Å²) in [6.07, 6.45) is 5.50. The van der Waals surface area contributed by atoms with E-state index in [1.54, 1.807) is 18.3 Å². The first-order valence-corrected chi connectivity index (χ1v) is 7.91. The van der Waals surface area contributed by atoms with Gasteiger partial charge < -0.3 is 0 Å². The highest BCUT2D eigenvalue weighted by atomic mass is 32.1. The van der Waals surface area contributed by atoms with Crippen LogP contribution in [0.5, 0.6) is 0 Å². The molecular formula is C18H14FN3S. The summed E-state index contributed by atoms with van der Waals surface area (Å²) in [4.78, 5) is 4.41. The Morgan fingerprint density at radius 1 is 1.04 bits per heavy atom. The van der Waals surface area contributed by atoms with E-state index in [1.807, 2.05) is 47.9 Å². The number of rotatable bonds is 5. The Kier molecular flexibility index (Phi) is 4.91. The smallest absolute Gasteiger partial charge is 0.203 e. The Bertz CT molecular complexity index is 808. The van der Waals surface area contributed by atoms with Crippen molar-refractivity contribution in [2.75, 3.05) is 5.43 Å². The number of hydrogen-bond donors (Lipinski definition) is 1. The molecule has 23 heavy (non-hydrogen) atoms.